The van der Waals surface area contributed by atoms with E-state index in [2.05, 4.69) is 4.99 Å². The zero-order valence-corrected chi connectivity index (χ0v) is 7.70. The monoisotopic (exact) mass is 239 g/mol. The summed E-state index contributed by atoms with van der Waals surface area (Å²) in [4.78, 5) is 3.16. The average molecular weight is 239 g/mol. The molecule has 0 aliphatic carbocycles. The van der Waals surface area contributed by atoms with Crippen molar-refractivity contribution >= 4 is 5.96 Å². The fourth-order valence-electron chi connectivity index (χ4n) is 0.960. The molecule has 0 aromatic heterocycles. The van der Waals surface area contributed by atoms with Crippen LogP contribution in [0.5, 0.6) is 0 Å². The first kappa shape index (κ1) is 12.2. The van der Waals surface area contributed by atoms with Crippen molar-refractivity contribution in [2.24, 2.45) is 16.5 Å². The molecular formula is C8H6F5N3. The number of hydrogen-bond donors (Lipinski definition) is 2. The second kappa shape index (κ2) is 4.33. The topological polar surface area (TPSA) is 64.4 Å². The number of nitrogens with two attached hydrogens (primary N) is 2. The van der Waals surface area contributed by atoms with E-state index in [1.54, 1.807) is 0 Å². The number of halogens is 5. The van der Waals surface area contributed by atoms with Crippen molar-refractivity contribution in [3.05, 3.63) is 34.6 Å². The fourth-order valence-corrected chi connectivity index (χ4v) is 0.960. The molecule has 0 aliphatic heterocycles. The Morgan fingerprint density at radius 2 is 1.19 bits per heavy atom. The van der Waals surface area contributed by atoms with Gasteiger partial charge in [-0.05, 0) is 0 Å². The summed E-state index contributed by atoms with van der Waals surface area (Å²) in [5.74, 6) is -10.7. The van der Waals surface area contributed by atoms with E-state index in [1.165, 1.54) is 0 Å². The molecule has 0 saturated heterocycles. The van der Waals surface area contributed by atoms with Gasteiger partial charge in [-0.15, -0.1) is 0 Å². The lowest BCUT2D eigenvalue weighted by Crippen LogP contribution is -2.23. The highest BCUT2D eigenvalue weighted by Crippen LogP contribution is 2.23. The van der Waals surface area contributed by atoms with Gasteiger partial charge in [0, 0.05) is 0 Å². The molecule has 0 aliphatic rings. The molecule has 0 unspecified atom stereocenters. The molecule has 3 nitrogen and oxygen atoms in total. The number of nitrogens with zero attached hydrogens (tertiary/aromatic N) is 1. The molecule has 0 bridgehead atoms. The molecular weight excluding hydrogens is 233 g/mol. The van der Waals surface area contributed by atoms with Crippen molar-refractivity contribution in [3.8, 4) is 0 Å². The van der Waals surface area contributed by atoms with Crippen molar-refractivity contribution in [1.82, 2.24) is 0 Å². The van der Waals surface area contributed by atoms with E-state index >= 15 is 0 Å². The van der Waals surface area contributed by atoms with Crippen LogP contribution in [-0.2, 0) is 6.54 Å². The molecule has 0 atom stereocenters. The van der Waals surface area contributed by atoms with Crippen molar-refractivity contribution in [1.29, 1.82) is 0 Å². The van der Waals surface area contributed by atoms with Crippen LogP contribution in [-0.4, -0.2) is 5.96 Å². The van der Waals surface area contributed by atoms with Crippen LogP contribution in [0.2, 0.25) is 0 Å². The van der Waals surface area contributed by atoms with Crippen LogP contribution in [0.15, 0.2) is 4.99 Å². The van der Waals surface area contributed by atoms with Crippen LogP contribution in [0.4, 0.5) is 22.0 Å². The molecule has 88 valence electrons. The van der Waals surface area contributed by atoms with Crippen molar-refractivity contribution in [2.75, 3.05) is 0 Å². The van der Waals surface area contributed by atoms with Crippen LogP contribution in [0, 0.1) is 29.1 Å². The van der Waals surface area contributed by atoms with Crippen LogP contribution in [0.25, 0.3) is 0 Å². The fraction of sp³-hybridized carbons (Fsp3) is 0.125. The molecule has 0 saturated carbocycles. The number of aliphatic imine (C=N–C) groups is 1. The van der Waals surface area contributed by atoms with Gasteiger partial charge in [-0.1, -0.05) is 0 Å². The average Bonchev–Trinajstić information content (AvgIpc) is 2.23. The zero-order chi connectivity index (χ0) is 12.5. The molecule has 1 aromatic rings. The Morgan fingerprint density at radius 1 is 0.812 bits per heavy atom. The van der Waals surface area contributed by atoms with Crippen LogP contribution in [0.1, 0.15) is 5.56 Å². The maximum atomic E-state index is 13.0. The molecule has 1 aromatic carbocycles. The summed E-state index contributed by atoms with van der Waals surface area (Å²) >= 11 is 0. The van der Waals surface area contributed by atoms with Gasteiger partial charge >= 0.3 is 0 Å². The van der Waals surface area contributed by atoms with Crippen LogP contribution in [0.3, 0.4) is 0 Å². The Morgan fingerprint density at radius 3 is 1.56 bits per heavy atom. The maximum absolute atomic E-state index is 13.0. The molecule has 4 N–H and O–H groups in total. The SMILES string of the molecule is NC(N)=NCc1c(F)c(F)c(F)c(F)c1F. The highest BCUT2D eigenvalue weighted by Gasteiger charge is 2.25. The van der Waals surface area contributed by atoms with Gasteiger partial charge < -0.3 is 11.5 Å². The predicted molar refractivity (Wildman–Crippen MR) is 45.7 cm³/mol. The second-order valence-corrected chi connectivity index (χ2v) is 2.79. The van der Waals surface area contributed by atoms with Crippen molar-refractivity contribution in [2.45, 2.75) is 6.54 Å². The zero-order valence-electron chi connectivity index (χ0n) is 7.70. The lowest BCUT2D eigenvalue weighted by molar-refractivity contribution is 0.370. The van der Waals surface area contributed by atoms with E-state index in [4.69, 9.17) is 11.5 Å². The summed E-state index contributed by atoms with van der Waals surface area (Å²) < 4.78 is 63.9. The van der Waals surface area contributed by atoms with Crippen molar-refractivity contribution in [3.63, 3.8) is 0 Å². The number of hydrogen-bond acceptors (Lipinski definition) is 1. The third-order valence-corrected chi connectivity index (χ3v) is 1.72. The summed E-state index contributed by atoms with van der Waals surface area (Å²) in [6.07, 6.45) is 0. The predicted octanol–water partition coefficient (Wildman–Crippen LogP) is 1.16. The third-order valence-electron chi connectivity index (χ3n) is 1.72. The van der Waals surface area contributed by atoms with E-state index in [0.29, 0.717) is 0 Å². The van der Waals surface area contributed by atoms with Gasteiger partial charge in [0.25, 0.3) is 0 Å². The smallest absolute Gasteiger partial charge is 0.200 e. The standard InChI is InChI=1S/C8H6F5N3/c9-3-2(1-16-8(14)15)4(10)6(12)7(13)5(3)11/h1H2,(H4,14,15,16). The van der Waals surface area contributed by atoms with E-state index in [1.807, 2.05) is 0 Å². The first-order valence-corrected chi connectivity index (χ1v) is 3.92. The molecule has 0 heterocycles. The van der Waals surface area contributed by atoms with Crippen molar-refractivity contribution < 1.29 is 22.0 Å². The highest BCUT2D eigenvalue weighted by molar-refractivity contribution is 5.75. The quantitative estimate of drug-likeness (QED) is 0.267. The molecule has 0 amide bonds. The molecule has 1 rings (SSSR count). The minimum absolute atomic E-state index is 0.524. The lowest BCUT2D eigenvalue weighted by Gasteiger charge is -2.05. The first-order valence-electron chi connectivity index (χ1n) is 3.92. The van der Waals surface area contributed by atoms with Gasteiger partial charge in [0.05, 0.1) is 12.1 Å². The summed E-state index contributed by atoms with van der Waals surface area (Å²) in [7, 11) is 0. The Labute approximate surface area is 86.6 Å². The maximum Gasteiger partial charge on any atom is 0.200 e. The minimum Gasteiger partial charge on any atom is -0.370 e. The third kappa shape index (κ3) is 2.05. The second-order valence-electron chi connectivity index (χ2n) is 2.79. The van der Waals surface area contributed by atoms with Crippen LogP contribution < -0.4 is 11.5 Å². The van der Waals surface area contributed by atoms with Gasteiger partial charge in [-0.2, -0.15) is 0 Å². The Bertz CT molecular complexity index is 424. The van der Waals surface area contributed by atoms with E-state index in [-0.39, 0.29) is 0 Å². The molecule has 0 radical (unpaired) electrons. The number of benzene rings is 1. The first-order chi connectivity index (χ1) is 7.36. The molecule has 0 fully saturated rings. The van der Waals surface area contributed by atoms with E-state index < -0.39 is 47.2 Å². The van der Waals surface area contributed by atoms with Gasteiger partial charge in [0.15, 0.2) is 29.2 Å². The Balaban J connectivity index is 3.34. The number of rotatable bonds is 2. The van der Waals surface area contributed by atoms with Gasteiger partial charge in [-0.3, -0.25) is 0 Å². The Kier molecular flexibility index (Phi) is 3.31. The number of guanidine groups is 1. The molecule has 16 heavy (non-hydrogen) atoms. The largest absolute Gasteiger partial charge is 0.370 e. The van der Waals surface area contributed by atoms with Gasteiger partial charge in [0.2, 0.25) is 5.82 Å². The molecule has 8 heteroatoms. The highest BCUT2D eigenvalue weighted by atomic mass is 19.2. The summed E-state index contributed by atoms with van der Waals surface area (Å²) in [5.41, 5.74) is 8.66. The normalized spacial score (nSPS) is 10.3. The minimum atomic E-state index is -2.22. The van der Waals surface area contributed by atoms with E-state index in [0.717, 1.165) is 0 Å². The summed E-state index contributed by atoms with van der Waals surface area (Å²) in [6.45, 7) is -0.825. The van der Waals surface area contributed by atoms with Crippen LogP contribution >= 0.6 is 0 Å². The van der Waals surface area contributed by atoms with Gasteiger partial charge in [0.1, 0.15) is 0 Å². The Hall–Kier alpha value is -1.86. The summed E-state index contributed by atoms with van der Waals surface area (Å²) in [5, 5.41) is 0. The molecule has 0 spiro atoms. The van der Waals surface area contributed by atoms with E-state index in [9.17, 15) is 22.0 Å². The van der Waals surface area contributed by atoms with Gasteiger partial charge in [-0.25, -0.2) is 26.9 Å². The lowest BCUT2D eigenvalue weighted by atomic mass is 10.1. The summed E-state index contributed by atoms with van der Waals surface area (Å²) in [6, 6.07) is 0.